The lowest BCUT2D eigenvalue weighted by Crippen LogP contribution is -1.81. The third kappa shape index (κ3) is 1.46. The molecule has 50 valence electrons. The Bertz CT molecular complexity index is 193. The first-order chi connectivity index (χ1) is 4.22. The van der Waals surface area contributed by atoms with E-state index < -0.39 is 0 Å². The molecule has 1 atom stereocenters. The summed E-state index contributed by atoms with van der Waals surface area (Å²) in [4.78, 5) is 5.38. The van der Waals surface area contributed by atoms with Crippen LogP contribution < -0.4 is 0 Å². The molecule has 1 unspecified atom stereocenters. The van der Waals surface area contributed by atoms with Crippen molar-refractivity contribution in [2.24, 2.45) is 0 Å². The van der Waals surface area contributed by atoms with E-state index >= 15 is 0 Å². The van der Waals surface area contributed by atoms with Gasteiger partial charge >= 0.3 is 0 Å². The molecule has 0 aromatic carbocycles. The van der Waals surface area contributed by atoms with Gasteiger partial charge in [-0.25, -0.2) is 4.98 Å². The molecule has 0 aliphatic rings. The summed E-state index contributed by atoms with van der Waals surface area (Å²) in [7, 11) is 0. The smallest absolute Gasteiger partial charge is 0.0797 e. The highest BCUT2D eigenvalue weighted by Gasteiger charge is 2.04. The SMILES string of the molecule is Cc1ncsc1C(C)S. The highest BCUT2D eigenvalue weighted by atomic mass is 32.1. The molecule has 0 bridgehead atoms. The Morgan fingerprint density at radius 1 is 1.78 bits per heavy atom. The average molecular weight is 159 g/mol. The van der Waals surface area contributed by atoms with Crippen LogP contribution in [0.4, 0.5) is 0 Å². The fraction of sp³-hybridized carbons (Fsp3) is 0.500. The fourth-order valence-electron chi connectivity index (χ4n) is 0.712. The predicted octanol–water partition coefficient (Wildman–Crippen LogP) is 2.44. The van der Waals surface area contributed by atoms with Crippen molar-refractivity contribution in [3.63, 3.8) is 0 Å². The first kappa shape index (κ1) is 7.09. The number of aryl methyl sites for hydroxylation is 1. The topological polar surface area (TPSA) is 12.9 Å². The molecule has 0 spiro atoms. The summed E-state index contributed by atoms with van der Waals surface area (Å²) in [5.41, 5.74) is 2.97. The number of thiol groups is 1. The molecule has 1 aromatic heterocycles. The minimum absolute atomic E-state index is 0.331. The number of rotatable bonds is 1. The highest BCUT2D eigenvalue weighted by molar-refractivity contribution is 7.80. The lowest BCUT2D eigenvalue weighted by atomic mass is 10.3. The summed E-state index contributed by atoms with van der Waals surface area (Å²) < 4.78 is 0. The number of hydrogen-bond donors (Lipinski definition) is 1. The Hall–Kier alpha value is -0.0200. The molecule has 0 fully saturated rings. The molecule has 0 aliphatic heterocycles. The van der Waals surface area contributed by atoms with Gasteiger partial charge in [0.05, 0.1) is 11.2 Å². The second kappa shape index (κ2) is 2.71. The van der Waals surface area contributed by atoms with Crippen molar-refractivity contribution in [2.75, 3.05) is 0 Å². The molecule has 0 radical (unpaired) electrons. The normalized spacial score (nSPS) is 13.7. The largest absolute Gasteiger partial charge is 0.250 e. The third-order valence-corrected chi connectivity index (χ3v) is 2.71. The molecule has 1 aromatic rings. The second-order valence-corrected chi connectivity index (χ2v) is 3.64. The Kier molecular flexibility index (Phi) is 2.13. The lowest BCUT2D eigenvalue weighted by molar-refractivity contribution is 1.09. The molecule has 0 N–H and O–H groups in total. The molecule has 1 heterocycles. The molecule has 0 aliphatic carbocycles. The fourth-order valence-corrected chi connectivity index (χ4v) is 1.83. The Morgan fingerprint density at radius 2 is 2.44 bits per heavy atom. The van der Waals surface area contributed by atoms with Crippen molar-refractivity contribution in [3.8, 4) is 0 Å². The number of nitrogens with zero attached hydrogens (tertiary/aromatic N) is 1. The van der Waals surface area contributed by atoms with Crippen LogP contribution in [-0.2, 0) is 0 Å². The van der Waals surface area contributed by atoms with E-state index in [0.29, 0.717) is 5.25 Å². The summed E-state index contributed by atoms with van der Waals surface area (Å²) in [6.07, 6.45) is 0. The van der Waals surface area contributed by atoms with E-state index in [1.54, 1.807) is 11.3 Å². The van der Waals surface area contributed by atoms with Crippen LogP contribution >= 0.6 is 24.0 Å². The van der Waals surface area contributed by atoms with E-state index in [0.717, 1.165) is 5.69 Å². The van der Waals surface area contributed by atoms with Crippen LogP contribution in [0.25, 0.3) is 0 Å². The zero-order chi connectivity index (χ0) is 6.85. The Labute approximate surface area is 64.5 Å². The number of hydrogen-bond acceptors (Lipinski definition) is 3. The molecule has 3 heteroatoms. The summed E-state index contributed by atoms with van der Waals surface area (Å²) in [5.74, 6) is 0. The zero-order valence-electron chi connectivity index (χ0n) is 5.46. The van der Waals surface area contributed by atoms with Crippen molar-refractivity contribution < 1.29 is 0 Å². The Balaban J connectivity index is 2.94. The Morgan fingerprint density at radius 3 is 2.67 bits per heavy atom. The van der Waals surface area contributed by atoms with Gasteiger partial charge in [-0.15, -0.1) is 11.3 Å². The van der Waals surface area contributed by atoms with E-state index in [1.807, 2.05) is 12.4 Å². The van der Waals surface area contributed by atoms with E-state index in [2.05, 4.69) is 24.5 Å². The van der Waals surface area contributed by atoms with E-state index in [1.165, 1.54) is 4.88 Å². The van der Waals surface area contributed by atoms with Crippen LogP contribution in [0.5, 0.6) is 0 Å². The van der Waals surface area contributed by atoms with Crippen molar-refractivity contribution >= 4 is 24.0 Å². The summed E-state index contributed by atoms with van der Waals surface area (Å²) in [5, 5.41) is 0.331. The van der Waals surface area contributed by atoms with E-state index in [-0.39, 0.29) is 0 Å². The number of thiazole rings is 1. The van der Waals surface area contributed by atoms with Crippen LogP contribution in [0, 0.1) is 6.92 Å². The molecule has 0 amide bonds. The van der Waals surface area contributed by atoms with Crippen molar-refractivity contribution in [1.29, 1.82) is 0 Å². The minimum atomic E-state index is 0.331. The van der Waals surface area contributed by atoms with E-state index in [9.17, 15) is 0 Å². The van der Waals surface area contributed by atoms with Gasteiger partial charge < -0.3 is 0 Å². The first-order valence-corrected chi connectivity index (χ1v) is 4.19. The van der Waals surface area contributed by atoms with Gasteiger partial charge in [0.15, 0.2) is 0 Å². The maximum Gasteiger partial charge on any atom is 0.0797 e. The third-order valence-electron chi connectivity index (χ3n) is 1.16. The standard InChI is InChI=1S/C6H9NS2/c1-4-6(5(2)8)9-3-7-4/h3,5,8H,1-2H3. The molecule has 9 heavy (non-hydrogen) atoms. The molecule has 1 nitrogen and oxygen atoms in total. The average Bonchev–Trinajstić information content (AvgIpc) is 2.13. The maximum atomic E-state index is 4.29. The highest BCUT2D eigenvalue weighted by Crippen LogP contribution is 2.25. The molecule has 0 saturated heterocycles. The summed E-state index contributed by atoms with van der Waals surface area (Å²) in [6.45, 7) is 4.07. The second-order valence-electron chi connectivity index (χ2n) is 1.98. The van der Waals surface area contributed by atoms with Crippen LogP contribution in [0.15, 0.2) is 5.51 Å². The van der Waals surface area contributed by atoms with Crippen LogP contribution in [-0.4, -0.2) is 4.98 Å². The van der Waals surface area contributed by atoms with Gasteiger partial charge in [0.2, 0.25) is 0 Å². The van der Waals surface area contributed by atoms with Gasteiger partial charge in [0, 0.05) is 10.1 Å². The van der Waals surface area contributed by atoms with Gasteiger partial charge in [-0.2, -0.15) is 12.6 Å². The van der Waals surface area contributed by atoms with Gasteiger partial charge in [-0.05, 0) is 13.8 Å². The first-order valence-electron chi connectivity index (χ1n) is 2.80. The van der Waals surface area contributed by atoms with Gasteiger partial charge in [-0.1, -0.05) is 0 Å². The monoisotopic (exact) mass is 159 g/mol. The zero-order valence-corrected chi connectivity index (χ0v) is 7.17. The molecule has 1 rings (SSSR count). The van der Waals surface area contributed by atoms with Crippen molar-refractivity contribution in [1.82, 2.24) is 4.98 Å². The van der Waals surface area contributed by atoms with Gasteiger partial charge in [0.25, 0.3) is 0 Å². The van der Waals surface area contributed by atoms with Crippen molar-refractivity contribution in [2.45, 2.75) is 19.1 Å². The molecular formula is C6H9NS2. The minimum Gasteiger partial charge on any atom is -0.250 e. The summed E-state index contributed by atoms with van der Waals surface area (Å²) in [6, 6.07) is 0. The van der Waals surface area contributed by atoms with Crippen molar-refractivity contribution in [3.05, 3.63) is 16.1 Å². The predicted molar refractivity (Wildman–Crippen MR) is 44.3 cm³/mol. The van der Waals surface area contributed by atoms with Gasteiger partial charge in [-0.3, -0.25) is 0 Å². The lowest BCUT2D eigenvalue weighted by Gasteiger charge is -1.98. The van der Waals surface area contributed by atoms with Crippen LogP contribution in [0.1, 0.15) is 22.7 Å². The van der Waals surface area contributed by atoms with Crippen LogP contribution in [0.2, 0.25) is 0 Å². The van der Waals surface area contributed by atoms with Gasteiger partial charge in [0.1, 0.15) is 0 Å². The summed E-state index contributed by atoms with van der Waals surface area (Å²) >= 11 is 5.96. The number of aromatic nitrogens is 1. The molecule has 0 saturated carbocycles. The molecular weight excluding hydrogens is 150 g/mol. The van der Waals surface area contributed by atoms with E-state index in [4.69, 9.17) is 0 Å². The quantitative estimate of drug-likeness (QED) is 0.621. The van der Waals surface area contributed by atoms with Crippen LogP contribution in [0.3, 0.4) is 0 Å². The maximum absolute atomic E-state index is 4.29.